The second-order valence-electron chi connectivity index (χ2n) is 6.16. The number of nitrogens with zero attached hydrogens (tertiary/aromatic N) is 3. The van der Waals surface area contributed by atoms with Gasteiger partial charge in [0.15, 0.2) is 5.17 Å². The topological polar surface area (TPSA) is 59.3 Å². The lowest BCUT2D eigenvalue weighted by atomic mass is 10.0. The lowest BCUT2D eigenvalue weighted by Crippen LogP contribution is -2.38. The lowest BCUT2D eigenvalue weighted by Gasteiger charge is -2.23. The molecule has 3 rings (SSSR count). The highest BCUT2D eigenvalue weighted by Gasteiger charge is 2.24. The van der Waals surface area contributed by atoms with Crippen LogP contribution in [0.15, 0.2) is 11.1 Å². The van der Waals surface area contributed by atoms with Gasteiger partial charge < -0.3 is 5.32 Å². The summed E-state index contributed by atoms with van der Waals surface area (Å²) in [6, 6.07) is 0.0890. The Morgan fingerprint density at radius 3 is 3.05 bits per heavy atom. The first-order chi connectivity index (χ1) is 10.5. The molecule has 118 valence electrons. The highest BCUT2D eigenvalue weighted by atomic mass is 32.2. The molecule has 1 aromatic heterocycles. The fraction of sp³-hybridized carbons (Fsp3) is 0.562. The van der Waals surface area contributed by atoms with Gasteiger partial charge in [-0.1, -0.05) is 31.7 Å². The molecule has 2 heterocycles. The highest BCUT2D eigenvalue weighted by molar-refractivity contribution is 8.13. The average molecular weight is 318 g/mol. The van der Waals surface area contributed by atoms with Gasteiger partial charge in [0.05, 0.1) is 17.6 Å². The van der Waals surface area contributed by atoms with E-state index in [0.29, 0.717) is 18.2 Å². The van der Waals surface area contributed by atoms with Crippen molar-refractivity contribution in [3.8, 4) is 0 Å². The summed E-state index contributed by atoms with van der Waals surface area (Å²) in [4.78, 5) is 16.4. The van der Waals surface area contributed by atoms with Gasteiger partial charge >= 0.3 is 0 Å². The summed E-state index contributed by atoms with van der Waals surface area (Å²) in [7, 11) is 0. The molecule has 1 amide bonds. The van der Waals surface area contributed by atoms with E-state index >= 15 is 0 Å². The maximum atomic E-state index is 11.8. The zero-order valence-corrected chi connectivity index (χ0v) is 14.1. The molecule has 5 nitrogen and oxygen atoms in total. The lowest BCUT2D eigenvalue weighted by molar-refractivity contribution is -0.120. The van der Waals surface area contributed by atoms with E-state index in [-0.39, 0.29) is 11.9 Å². The molecule has 0 bridgehead atoms. The van der Waals surface area contributed by atoms with Crippen LogP contribution in [0.3, 0.4) is 0 Å². The minimum atomic E-state index is 0.0654. The van der Waals surface area contributed by atoms with Crippen LogP contribution < -0.4 is 5.32 Å². The molecule has 0 spiro atoms. The third-order valence-corrected chi connectivity index (χ3v) is 5.07. The number of aromatic nitrogens is 2. The SMILES string of the molecule is Cc1c2c(nn1CSC1=NC(C(C)C)CC(=O)N1)C=CCC2. The summed E-state index contributed by atoms with van der Waals surface area (Å²) >= 11 is 1.55. The smallest absolute Gasteiger partial charge is 0.228 e. The van der Waals surface area contributed by atoms with Gasteiger partial charge in [-0.2, -0.15) is 5.10 Å². The summed E-state index contributed by atoms with van der Waals surface area (Å²) in [5, 5.41) is 8.24. The first kappa shape index (κ1) is 15.3. The fourth-order valence-electron chi connectivity index (χ4n) is 2.77. The molecule has 0 radical (unpaired) electrons. The Kier molecular flexibility index (Phi) is 4.38. The first-order valence-corrected chi connectivity index (χ1v) is 8.76. The van der Waals surface area contributed by atoms with E-state index in [2.05, 4.69) is 48.3 Å². The maximum absolute atomic E-state index is 11.8. The van der Waals surface area contributed by atoms with E-state index in [9.17, 15) is 4.79 Å². The number of nitrogens with one attached hydrogen (secondary N) is 1. The minimum Gasteiger partial charge on any atom is -0.305 e. The number of carbonyl (C=O) groups is 1. The summed E-state index contributed by atoms with van der Waals surface area (Å²) in [6.45, 7) is 6.32. The molecule has 1 aromatic rings. The Bertz CT molecular complexity index is 645. The van der Waals surface area contributed by atoms with Crippen LogP contribution in [0.2, 0.25) is 0 Å². The summed E-state index contributed by atoms with van der Waals surface area (Å²) < 4.78 is 2.01. The van der Waals surface area contributed by atoms with Crippen LogP contribution in [0.5, 0.6) is 0 Å². The van der Waals surface area contributed by atoms with Crippen molar-refractivity contribution >= 4 is 28.9 Å². The Labute approximate surface area is 135 Å². The van der Waals surface area contributed by atoms with E-state index in [1.165, 1.54) is 11.3 Å². The number of carbonyl (C=O) groups excluding carboxylic acids is 1. The monoisotopic (exact) mass is 318 g/mol. The van der Waals surface area contributed by atoms with E-state index in [1.807, 2.05) is 4.68 Å². The molecular formula is C16H22N4OS. The van der Waals surface area contributed by atoms with Gasteiger partial charge in [0.1, 0.15) is 0 Å². The summed E-state index contributed by atoms with van der Waals surface area (Å²) in [5.41, 5.74) is 3.65. The minimum absolute atomic E-state index is 0.0654. The van der Waals surface area contributed by atoms with Gasteiger partial charge in [-0.3, -0.25) is 14.5 Å². The number of hydrogen-bond donors (Lipinski definition) is 1. The number of fused-ring (bicyclic) bond motifs is 1. The molecule has 0 fully saturated rings. The van der Waals surface area contributed by atoms with Crippen LogP contribution in [-0.2, 0) is 17.1 Å². The molecule has 1 unspecified atom stereocenters. The van der Waals surface area contributed by atoms with Gasteiger partial charge in [0, 0.05) is 17.7 Å². The van der Waals surface area contributed by atoms with Crippen molar-refractivity contribution in [2.75, 3.05) is 0 Å². The zero-order valence-electron chi connectivity index (χ0n) is 13.3. The third kappa shape index (κ3) is 3.11. The largest absolute Gasteiger partial charge is 0.305 e. The fourth-order valence-corrected chi connectivity index (χ4v) is 3.66. The molecule has 0 saturated heterocycles. The molecular weight excluding hydrogens is 296 g/mol. The normalized spacial score (nSPS) is 20.8. The highest BCUT2D eigenvalue weighted by Crippen LogP contribution is 2.24. The van der Waals surface area contributed by atoms with Crippen LogP contribution in [-0.4, -0.2) is 26.9 Å². The van der Waals surface area contributed by atoms with Crippen molar-refractivity contribution in [2.24, 2.45) is 10.9 Å². The molecule has 1 atom stereocenters. The Morgan fingerprint density at radius 1 is 1.50 bits per heavy atom. The molecule has 1 aliphatic heterocycles. The molecule has 1 N–H and O–H groups in total. The maximum Gasteiger partial charge on any atom is 0.228 e. The first-order valence-electron chi connectivity index (χ1n) is 7.78. The molecule has 6 heteroatoms. The molecule has 22 heavy (non-hydrogen) atoms. The number of hydrogen-bond acceptors (Lipinski definition) is 4. The standard InChI is InChI=1S/C16H22N4OS/c1-10(2)14-8-15(21)18-16(17-14)22-9-20-11(3)12-6-4-5-7-13(12)19-20/h5,7,10,14H,4,6,8-9H2,1-3H3,(H,17,18,21). The van der Waals surface area contributed by atoms with Crippen LogP contribution in [0, 0.1) is 12.8 Å². The van der Waals surface area contributed by atoms with Crippen molar-refractivity contribution in [3.63, 3.8) is 0 Å². The molecule has 0 aromatic carbocycles. The van der Waals surface area contributed by atoms with E-state index in [0.717, 1.165) is 23.7 Å². The van der Waals surface area contributed by atoms with Crippen LogP contribution in [0.25, 0.3) is 6.08 Å². The van der Waals surface area contributed by atoms with Gasteiger partial charge in [-0.25, -0.2) is 0 Å². The number of thioether (sulfide) groups is 1. The number of aliphatic imine (C=N–C) groups is 1. The average Bonchev–Trinajstić information content (AvgIpc) is 2.81. The second-order valence-corrected chi connectivity index (χ2v) is 7.09. The van der Waals surface area contributed by atoms with Gasteiger partial charge in [0.25, 0.3) is 0 Å². The number of amides is 1. The van der Waals surface area contributed by atoms with Crippen molar-refractivity contribution < 1.29 is 4.79 Å². The zero-order chi connectivity index (χ0) is 15.7. The van der Waals surface area contributed by atoms with E-state index < -0.39 is 0 Å². The predicted molar refractivity (Wildman–Crippen MR) is 90.7 cm³/mol. The van der Waals surface area contributed by atoms with Crippen molar-refractivity contribution in [1.29, 1.82) is 0 Å². The van der Waals surface area contributed by atoms with Crippen LogP contribution in [0.4, 0.5) is 0 Å². The van der Waals surface area contributed by atoms with Crippen LogP contribution in [0.1, 0.15) is 43.6 Å². The third-order valence-electron chi connectivity index (χ3n) is 4.22. The van der Waals surface area contributed by atoms with Crippen molar-refractivity contribution in [1.82, 2.24) is 15.1 Å². The Morgan fingerprint density at radius 2 is 2.32 bits per heavy atom. The van der Waals surface area contributed by atoms with Gasteiger partial charge in [0.2, 0.25) is 5.91 Å². The quantitative estimate of drug-likeness (QED) is 0.932. The van der Waals surface area contributed by atoms with Gasteiger partial charge in [-0.15, -0.1) is 0 Å². The molecule has 2 aliphatic rings. The predicted octanol–water partition coefficient (Wildman–Crippen LogP) is 2.74. The summed E-state index contributed by atoms with van der Waals surface area (Å²) in [5.74, 6) is 1.12. The van der Waals surface area contributed by atoms with E-state index in [4.69, 9.17) is 0 Å². The summed E-state index contributed by atoms with van der Waals surface area (Å²) in [6.07, 6.45) is 6.91. The number of rotatable bonds is 3. The van der Waals surface area contributed by atoms with Crippen LogP contribution >= 0.6 is 11.8 Å². The van der Waals surface area contributed by atoms with Crippen molar-refractivity contribution in [3.05, 3.63) is 23.0 Å². The van der Waals surface area contributed by atoms with Crippen molar-refractivity contribution in [2.45, 2.75) is 52.0 Å². The molecule has 0 saturated carbocycles. The Balaban J connectivity index is 1.71. The van der Waals surface area contributed by atoms with E-state index in [1.54, 1.807) is 11.8 Å². The second kappa shape index (κ2) is 6.28. The number of allylic oxidation sites excluding steroid dienone is 1. The Hall–Kier alpha value is -1.56. The molecule has 1 aliphatic carbocycles. The van der Waals surface area contributed by atoms with Gasteiger partial charge in [-0.05, 0) is 31.8 Å². The number of amidine groups is 1.